The first-order chi connectivity index (χ1) is 10.7. The highest BCUT2D eigenvalue weighted by atomic mass is 127. The zero-order chi connectivity index (χ0) is 15.8. The van der Waals surface area contributed by atoms with Crippen LogP contribution < -0.4 is 15.8 Å². The minimum absolute atomic E-state index is 0. The van der Waals surface area contributed by atoms with Gasteiger partial charge in [-0.05, 0) is 37.1 Å². The Morgan fingerprint density at radius 2 is 1.78 bits per heavy atom. The standard InChI is InChI=1S/C18H23N3O.HI/c1-3-16(22-17-12-8-7-9-14(17)2)13-20-18(19)21-15-10-5-4-6-11-15;/h4-12,16H,3,13H2,1-2H3,(H3,19,20,21);1H. The highest BCUT2D eigenvalue weighted by molar-refractivity contribution is 14.0. The smallest absolute Gasteiger partial charge is 0.193 e. The SMILES string of the molecule is CCC(CN=C(N)Nc1ccccc1)Oc1ccccc1C.I. The number of nitrogens with zero attached hydrogens (tertiary/aromatic N) is 1. The van der Waals surface area contributed by atoms with Gasteiger partial charge in [-0.15, -0.1) is 24.0 Å². The Morgan fingerprint density at radius 1 is 1.13 bits per heavy atom. The van der Waals surface area contributed by atoms with Crippen LogP contribution in [-0.2, 0) is 0 Å². The van der Waals surface area contributed by atoms with E-state index >= 15 is 0 Å². The highest BCUT2D eigenvalue weighted by Gasteiger charge is 2.09. The van der Waals surface area contributed by atoms with E-state index in [2.05, 4.69) is 17.2 Å². The van der Waals surface area contributed by atoms with E-state index in [0.717, 1.165) is 23.4 Å². The molecular formula is C18H24IN3O. The number of halogens is 1. The molecule has 0 aromatic heterocycles. The summed E-state index contributed by atoms with van der Waals surface area (Å²) in [7, 11) is 0. The molecular weight excluding hydrogens is 401 g/mol. The van der Waals surface area contributed by atoms with Crippen molar-refractivity contribution < 1.29 is 4.74 Å². The van der Waals surface area contributed by atoms with Crippen LogP contribution in [0.1, 0.15) is 18.9 Å². The summed E-state index contributed by atoms with van der Waals surface area (Å²) in [4.78, 5) is 4.37. The molecule has 0 amide bonds. The van der Waals surface area contributed by atoms with Gasteiger partial charge in [0.15, 0.2) is 5.96 Å². The molecule has 2 aromatic rings. The maximum Gasteiger partial charge on any atom is 0.193 e. The molecule has 23 heavy (non-hydrogen) atoms. The second-order valence-electron chi connectivity index (χ2n) is 5.13. The summed E-state index contributed by atoms with van der Waals surface area (Å²) in [6, 6.07) is 17.8. The number of anilines is 1. The lowest BCUT2D eigenvalue weighted by molar-refractivity contribution is 0.204. The fourth-order valence-electron chi connectivity index (χ4n) is 2.03. The van der Waals surface area contributed by atoms with Crippen LogP contribution in [-0.4, -0.2) is 18.6 Å². The minimum Gasteiger partial charge on any atom is -0.488 e. The molecule has 2 aromatic carbocycles. The Labute approximate surface area is 155 Å². The third-order valence-electron chi connectivity index (χ3n) is 3.35. The quantitative estimate of drug-likeness (QED) is 0.415. The number of nitrogens with one attached hydrogen (secondary N) is 1. The number of ether oxygens (including phenoxy) is 1. The average molecular weight is 425 g/mol. The van der Waals surface area contributed by atoms with Crippen molar-refractivity contribution in [1.29, 1.82) is 0 Å². The van der Waals surface area contributed by atoms with Gasteiger partial charge in [0.1, 0.15) is 11.9 Å². The number of nitrogens with two attached hydrogens (primary N) is 1. The molecule has 0 radical (unpaired) electrons. The highest BCUT2D eigenvalue weighted by Crippen LogP contribution is 2.18. The molecule has 0 aliphatic heterocycles. The molecule has 124 valence electrons. The van der Waals surface area contributed by atoms with Crippen LogP contribution >= 0.6 is 24.0 Å². The molecule has 0 fully saturated rings. The normalized spacial score (nSPS) is 12.2. The summed E-state index contributed by atoms with van der Waals surface area (Å²) < 4.78 is 6.00. The van der Waals surface area contributed by atoms with Crippen molar-refractivity contribution in [2.75, 3.05) is 11.9 Å². The van der Waals surface area contributed by atoms with Crippen molar-refractivity contribution >= 4 is 35.6 Å². The Balaban J connectivity index is 0.00000264. The number of rotatable bonds is 6. The van der Waals surface area contributed by atoms with Crippen LogP contribution in [0.3, 0.4) is 0 Å². The molecule has 0 aliphatic rings. The van der Waals surface area contributed by atoms with Crippen LogP contribution in [0.4, 0.5) is 5.69 Å². The zero-order valence-electron chi connectivity index (χ0n) is 13.5. The zero-order valence-corrected chi connectivity index (χ0v) is 15.9. The maximum atomic E-state index is 6.00. The molecule has 3 N–H and O–H groups in total. The molecule has 0 spiro atoms. The molecule has 0 heterocycles. The van der Waals surface area contributed by atoms with E-state index in [0.29, 0.717) is 12.5 Å². The van der Waals surface area contributed by atoms with E-state index in [1.54, 1.807) is 0 Å². The van der Waals surface area contributed by atoms with Gasteiger partial charge < -0.3 is 15.8 Å². The minimum atomic E-state index is 0. The number of guanidine groups is 1. The topological polar surface area (TPSA) is 59.6 Å². The number of para-hydroxylation sites is 2. The number of hydrogen-bond donors (Lipinski definition) is 2. The van der Waals surface area contributed by atoms with Crippen molar-refractivity contribution in [2.45, 2.75) is 26.4 Å². The van der Waals surface area contributed by atoms with E-state index in [4.69, 9.17) is 10.5 Å². The van der Waals surface area contributed by atoms with Gasteiger partial charge in [0.05, 0.1) is 6.54 Å². The van der Waals surface area contributed by atoms with Crippen LogP contribution in [0.5, 0.6) is 5.75 Å². The lowest BCUT2D eigenvalue weighted by Gasteiger charge is -2.17. The summed E-state index contributed by atoms with van der Waals surface area (Å²) in [5.74, 6) is 1.30. The molecule has 2 rings (SSSR count). The van der Waals surface area contributed by atoms with E-state index in [-0.39, 0.29) is 30.1 Å². The Kier molecular flexibility index (Phi) is 8.47. The van der Waals surface area contributed by atoms with Gasteiger partial charge in [-0.3, -0.25) is 0 Å². The molecule has 4 nitrogen and oxygen atoms in total. The van der Waals surface area contributed by atoms with Gasteiger partial charge in [0.25, 0.3) is 0 Å². The lowest BCUT2D eigenvalue weighted by atomic mass is 10.2. The molecule has 0 bridgehead atoms. The third-order valence-corrected chi connectivity index (χ3v) is 3.35. The predicted molar refractivity (Wildman–Crippen MR) is 108 cm³/mol. The summed E-state index contributed by atoms with van der Waals surface area (Å²) in [6.07, 6.45) is 0.883. The van der Waals surface area contributed by atoms with E-state index in [1.165, 1.54) is 0 Å². The summed E-state index contributed by atoms with van der Waals surface area (Å²) in [5, 5.41) is 3.07. The first-order valence-corrected chi connectivity index (χ1v) is 7.53. The molecule has 0 saturated heterocycles. The summed E-state index contributed by atoms with van der Waals surface area (Å²) in [5.41, 5.74) is 7.97. The first-order valence-electron chi connectivity index (χ1n) is 7.53. The number of aliphatic imine (C=N–C) groups is 1. The largest absolute Gasteiger partial charge is 0.488 e. The van der Waals surface area contributed by atoms with Crippen LogP contribution in [0.25, 0.3) is 0 Å². The first kappa shape index (κ1) is 19.3. The van der Waals surface area contributed by atoms with Gasteiger partial charge in [0, 0.05) is 5.69 Å². The molecule has 0 saturated carbocycles. The van der Waals surface area contributed by atoms with Crippen molar-refractivity contribution in [3.8, 4) is 5.75 Å². The Bertz CT molecular complexity index is 617. The second kappa shape index (κ2) is 10.1. The average Bonchev–Trinajstić information content (AvgIpc) is 2.54. The van der Waals surface area contributed by atoms with Gasteiger partial charge in [0.2, 0.25) is 0 Å². The lowest BCUT2D eigenvalue weighted by Crippen LogP contribution is -2.26. The second-order valence-corrected chi connectivity index (χ2v) is 5.13. The van der Waals surface area contributed by atoms with Gasteiger partial charge in [-0.1, -0.05) is 43.3 Å². The van der Waals surface area contributed by atoms with Gasteiger partial charge in [-0.2, -0.15) is 0 Å². The Morgan fingerprint density at radius 3 is 2.43 bits per heavy atom. The van der Waals surface area contributed by atoms with E-state index < -0.39 is 0 Å². The van der Waals surface area contributed by atoms with Crippen LogP contribution in [0.2, 0.25) is 0 Å². The number of aryl methyl sites for hydroxylation is 1. The number of benzene rings is 2. The van der Waals surface area contributed by atoms with Crippen molar-refractivity contribution in [3.63, 3.8) is 0 Å². The maximum absolute atomic E-state index is 6.00. The summed E-state index contributed by atoms with van der Waals surface area (Å²) in [6.45, 7) is 4.65. The molecule has 0 aliphatic carbocycles. The fraction of sp³-hybridized carbons (Fsp3) is 0.278. The van der Waals surface area contributed by atoms with Crippen molar-refractivity contribution in [1.82, 2.24) is 0 Å². The van der Waals surface area contributed by atoms with Gasteiger partial charge >= 0.3 is 0 Å². The molecule has 1 unspecified atom stereocenters. The van der Waals surface area contributed by atoms with Crippen molar-refractivity contribution in [2.24, 2.45) is 10.7 Å². The van der Waals surface area contributed by atoms with E-state index in [1.807, 2.05) is 61.5 Å². The van der Waals surface area contributed by atoms with Crippen molar-refractivity contribution in [3.05, 3.63) is 60.2 Å². The van der Waals surface area contributed by atoms with Gasteiger partial charge in [-0.25, -0.2) is 4.99 Å². The summed E-state index contributed by atoms with van der Waals surface area (Å²) >= 11 is 0. The van der Waals surface area contributed by atoms with Crippen LogP contribution in [0, 0.1) is 6.92 Å². The van der Waals surface area contributed by atoms with Crippen LogP contribution in [0.15, 0.2) is 59.6 Å². The predicted octanol–water partition coefficient (Wildman–Crippen LogP) is 4.20. The Hall–Kier alpha value is -1.76. The fourth-order valence-corrected chi connectivity index (χ4v) is 2.03. The van der Waals surface area contributed by atoms with E-state index in [9.17, 15) is 0 Å². The molecule has 5 heteroatoms. The number of hydrogen-bond acceptors (Lipinski definition) is 2. The molecule has 1 atom stereocenters. The third kappa shape index (κ3) is 6.48. The monoisotopic (exact) mass is 425 g/mol.